The second kappa shape index (κ2) is 3.64. The number of aliphatic carboxylic acids is 1. The van der Waals surface area contributed by atoms with E-state index in [1.165, 1.54) is 6.20 Å². The molecule has 1 aromatic heterocycles. The summed E-state index contributed by atoms with van der Waals surface area (Å²) in [6.07, 6.45) is 1.43. The van der Waals surface area contributed by atoms with Gasteiger partial charge in [0.05, 0.1) is 0 Å². The molecule has 0 aromatic carbocycles. The van der Waals surface area contributed by atoms with Crippen molar-refractivity contribution in [2.24, 2.45) is 5.73 Å². The van der Waals surface area contributed by atoms with Crippen molar-refractivity contribution in [2.45, 2.75) is 6.04 Å². The molecule has 0 unspecified atom stereocenters. The highest BCUT2D eigenvalue weighted by Crippen LogP contribution is 2.11. The summed E-state index contributed by atoms with van der Waals surface area (Å²) in [5, 5.41) is 8.54. The molecule has 64 valence electrons. The standard InChI is InChI=1S/C7H7BrN2O2/c8-5-2-1-4(3-10-5)6(9)7(11)12/h1-3,6H,9H2,(H,11,12)/t6-/m1/s1. The summed E-state index contributed by atoms with van der Waals surface area (Å²) in [7, 11) is 0. The van der Waals surface area contributed by atoms with E-state index in [4.69, 9.17) is 10.8 Å². The number of aromatic nitrogens is 1. The van der Waals surface area contributed by atoms with Crippen molar-refractivity contribution in [2.75, 3.05) is 0 Å². The third-order valence-electron chi connectivity index (χ3n) is 1.38. The maximum atomic E-state index is 10.4. The van der Waals surface area contributed by atoms with Gasteiger partial charge in [0.25, 0.3) is 0 Å². The van der Waals surface area contributed by atoms with Crippen molar-refractivity contribution in [1.82, 2.24) is 4.98 Å². The average molecular weight is 231 g/mol. The topological polar surface area (TPSA) is 76.2 Å². The average Bonchev–Trinajstić information content (AvgIpc) is 2.04. The van der Waals surface area contributed by atoms with Crippen LogP contribution in [0.4, 0.5) is 0 Å². The third-order valence-corrected chi connectivity index (χ3v) is 1.84. The number of nitrogens with zero attached hydrogens (tertiary/aromatic N) is 1. The molecule has 1 aromatic rings. The van der Waals surface area contributed by atoms with Gasteiger partial charge in [-0.3, -0.25) is 4.79 Å². The summed E-state index contributed by atoms with van der Waals surface area (Å²) in [6.45, 7) is 0. The second-order valence-electron chi connectivity index (χ2n) is 2.23. The largest absolute Gasteiger partial charge is 0.480 e. The number of carboxylic acids is 1. The third kappa shape index (κ3) is 2.02. The van der Waals surface area contributed by atoms with E-state index in [0.29, 0.717) is 10.2 Å². The number of hydrogen-bond donors (Lipinski definition) is 2. The summed E-state index contributed by atoms with van der Waals surface area (Å²) in [5.41, 5.74) is 5.82. The molecule has 12 heavy (non-hydrogen) atoms. The van der Waals surface area contributed by atoms with E-state index >= 15 is 0 Å². The minimum Gasteiger partial charge on any atom is -0.480 e. The lowest BCUT2D eigenvalue weighted by Gasteiger charge is -2.04. The fourth-order valence-corrected chi connectivity index (χ4v) is 0.948. The van der Waals surface area contributed by atoms with Crippen LogP contribution in [0.5, 0.6) is 0 Å². The van der Waals surface area contributed by atoms with Crippen molar-refractivity contribution in [3.05, 3.63) is 28.5 Å². The van der Waals surface area contributed by atoms with Crippen molar-refractivity contribution in [3.63, 3.8) is 0 Å². The van der Waals surface area contributed by atoms with E-state index < -0.39 is 12.0 Å². The number of nitrogens with two attached hydrogens (primary N) is 1. The van der Waals surface area contributed by atoms with E-state index in [0.717, 1.165) is 0 Å². The normalized spacial score (nSPS) is 12.5. The Morgan fingerprint density at radius 2 is 2.33 bits per heavy atom. The molecule has 0 amide bonds. The van der Waals surface area contributed by atoms with Crippen LogP contribution in [-0.2, 0) is 4.79 Å². The molecule has 0 bridgehead atoms. The first-order valence-electron chi connectivity index (χ1n) is 3.21. The number of carbonyl (C=O) groups is 1. The van der Waals surface area contributed by atoms with Gasteiger partial charge >= 0.3 is 5.97 Å². The van der Waals surface area contributed by atoms with E-state index in [1.54, 1.807) is 12.1 Å². The minimum absolute atomic E-state index is 0.491. The van der Waals surface area contributed by atoms with E-state index in [1.807, 2.05) is 0 Å². The Labute approximate surface area is 77.5 Å². The van der Waals surface area contributed by atoms with Crippen LogP contribution in [0.25, 0.3) is 0 Å². The molecule has 3 N–H and O–H groups in total. The summed E-state index contributed by atoms with van der Waals surface area (Å²) in [5.74, 6) is -1.06. The molecular weight excluding hydrogens is 224 g/mol. The monoisotopic (exact) mass is 230 g/mol. The lowest BCUT2D eigenvalue weighted by atomic mass is 10.1. The first-order chi connectivity index (χ1) is 5.61. The predicted molar refractivity (Wildman–Crippen MR) is 46.5 cm³/mol. The molecule has 1 atom stereocenters. The fraction of sp³-hybridized carbons (Fsp3) is 0.143. The van der Waals surface area contributed by atoms with Gasteiger partial charge in [0, 0.05) is 6.20 Å². The first kappa shape index (κ1) is 9.15. The van der Waals surface area contributed by atoms with Crippen LogP contribution in [0.2, 0.25) is 0 Å². The lowest BCUT2D eigenvalue weighted by Crippen LogP contribution is -2.20. The second-order valence-corrected chi connectivity index (χ2v) is 3.04. The zero-order valence-electron chi connectivity index (χ0n) is 6.07. The van der Waals surface area contributed by atoms with Crippen molar-refractivity contribution in [1.29, 1.82) is 0 Å². The molecule has 0 radical (unpaired) electrons. The molecule has 0 spiro atoms. The Balaban J connectivity index is 2.89. The lowest BCUT2D eigenvalue weighted by molar-refractivity contribution is -0.138. The molecule has 0 aliphatic carbocycles. The van der Waals surface area contributed by atoms with Crippen LogP contribution in [0.15, 0.2) is 22.9 Å². The number of rotatable bonds is 2. The molecule has 5 heteroatoms. The number of carboxylic acid groups (broad SMARTS) is 1. The molecule has 1 heterocycles. The highest BCUT2D eigenvalue weighted by molar-refractivity contribution is 9.10. The number of hydrogen-bond acceptors (Lipinski definition) is 3. The Morgan fingerprint density at radius 3 is 2.75 bits per heavy atom. The van der Waals surface area contributed by atoms with Gasteiger partial charge in [-0.2, -0.15) is 0 Å². The smallest absolute Gasteiger partial charge is 0.325 e. The fourth-order valence-electron chi connectivity index (χ4n) is 0.714. The molecule has 0 fully saturated rings. The van der Waals surface area contributed by atoms with Crippen molar-refractivity contribution < 1.29 is 9.90 Å². The van der Waals surface area contributed by atoms with Gasteiger partial charge in [-0.05, 0) is 27.6 Å². The van der Waals surface area contributed by atoms with E-state index in [-0.39, 0.29) is 0 Å². The molecule has 0 aliphatic rings. The SMILES string of the molecule is N[C@@H](C(=O)O)c1ccc(Br)nc1. The van der Waals surface area contributed by atoms with Crippen LogP contribution in [-0.4, -0.2) is 16.1 Å². The zero-order chi connectivity index (χ0) is 9.14. The molecule has 0 saturated carbocycles. The maximum absolute atomic E-state index is 10.4. The molecule has 4 nitrogen and oxygen atoms in total. The van der Waals surface area contributed by atoms with Gasteiger partial charge in [-0.25, -0.2) is 4.98 Å². The zero-order valence-corrected chi connectivity index (χ0v) is 7.65. The van der Waals surface area contributed by atoms with Gasteiger partial charge in [0.2, 0.25) is 0 Å². The van der Waals surface area contributed by atoms with Crippen molar-refractivity contribution in [3.8, 4) is 0 Å². The maximum Gasteiger partial charge on any atom is 0.325 e. The van der Waals surface area contributed by atoms with Gasteiger partial charge in [0.15, 0.2) is 0 Å². The van der Waals surface area contributed by atoms with Gasteiger partial charge in [0.1, 0.15) is 10.6 Å². The van der Waals surface area contributed by atoms with Crippen LogP contribution in [0, 0.1) is 0 Å². The summed E-state index contributed by atoms with van der Waals surface area (Å²) >= 11 is 3.13. The van der Waals surface area contributed by atoms with E-state index in [2.05, 4.69) is 20.9 Å². The summed E-state index contributed by atoms with van der Waals surface area (Å²) in [6, 6.07) is 2.28. The van der Waals surface area contributed by atoms with Crippen molar-refractivity contribution >= 4 is 21.9 Å². The molecule has 1 rings (SSSR count). The summed E-state index contributed by atoms with van der Waals surface area (Å²) < 4.78 is 0.656. The van der Waals surface area contributed by atoms with Gasteiger partial charge < -0.3 is 10.8 Å². The summed E-state index contributed by atoms with van der Waals surface area (Å²) in [4.78, 5) is 14.3. The number of pyridine rings is 1. The highest BCUT2D eigenvalue weighted by Gasteiger charge is 2.13. The predicted octanol–water partition coefficient (Wildman–Crippen LogP) is 0.928. The van der Waals surface area contributed by atoms with Crippen LogP contribution in [0.3, 0.4) is 0 Å². The molecule has 0 saturated heterocycles. The van der Waals surface area contributed by atoms with Crippen LogP contribution in [0.1, 0.15) is 11.6 Å². The van der Waals surface area contributed by atoms with Crippen LogP contribution < -0.4 is 5.73 Å². The quantitative estimate of drug-likeness (QED) is 0.742. The minimum atomic E-state index is -1.06. The Bertz CT molecular complexity index is 286. The molecule has 0 aliphatic heterocycles. The highest BCUT2D eigenvalue weighted by atomic mass is 79.9. The molecular formula is C7H7BrN2O2. The van der Waals surface area contributed by atoms with Gasteiger partial charge in [-0.1, -0.05) is 6.07 Å². The Kier molecular flexibility index (Phi) is 2.78. The Hall–Kier alpha value is -0.940. The van der Waals surface area contributed by atoms with E-state index in [9.17, 15) is 4.79 Å². The number of halogens is 1. The van der Waals surface area contributed by atoms with Crippen LogP contribution >= 0.6 is 15.9 Å². The van der Waals surface area contributed by atoms with Gasteiger partial charge in [-0.15, -0.1) is 0 Å². The Morgan fingerprint density at radius 1 is 1.67 bits per heavy atom. The first-order valence-corrected chi connectivity index (χ1v) is 4.00.